The number of benzene rings is 2. The van der Waals surface area contributed by atoms with Gasteiger partial charge in [0.15, 0.2) is 5.16 Å². The highest BCUT2D eigenvalue weighted by molar-refractivity contribution is 7.98. The average Bonchev–Trinajstić information content (AvgIpc) is 3.08. The number of aliphatic carboxylic acids is 1. The summed E-state index contributed by atoms with van der Waals surface area (Å²) in [6.45, 7) is 0.0965. The Labute approximate surface area is 214 Å². The van der Waals surface area contributed by atoms with Crippen LogP contribution in [0.5, 0.6) is 5.75 Å². The van der Waals surface area contributed by atoms with E-state index in [2.05, 4.69) is 14.7 Å². The van der Waals surface area contributed by atoms with Crippen LogP contribution in [0.25, 0.3) is 11.1 Å². The van der Waals surface area contributed by atoms with Crippen molar-refractivity contribution < 1.29 is 50.6 Å². The molecule has 0 saturated carbocycles. The SMILES string of the molecule is CSc1ncc(-c2ccc(CN3C(=O)C(=O)c4cc(OC(F)(F)F)ccc43)cc2)cn1.O=C(O)C(F)(F)F. The molecular weight excluding hydrogens is 544 g/mol. The Balaban J connectivity index is 0.000000505. The normalized spacial score (nSPS) is 13.1. The van der Waals surface area contributed by atoms with Gasteiger partial charge in [-0.05, 0) is 35.6 Å². The molecule has 1 N–H and O–H groups in total. The summed E-state index contributed by atoms with van der Waals surface area (Å²) in [4.78, 5) is 43.3. The number of rotatable bonds is 5. The van der Waals surface area contributed by atoms with E-state index >= 15 is 0 Å². The number of thioether (sulfide) groups is 1. The molecule has 0 unspecified atom stereocenters. The van der Waals surface area contributed by atoms with Crippen molar-refractivity contribution in [1.82, 2.24) is 9.97 Å². The number of nitrogens with zero attached hydrogens (tertiary/aromatic N) is 3. The molecule has 15 heteroatoms. The summed E-state index contributed by atoms with van der Waals surface area (Å²) in [5.74, 6) is -4.98. The zero-order valence-corrected chi connectivity index (χ0v) is 19.8. The summed E-state index contributed by atoms with van der Waals surface area (Å²) < 4.78 is 72.9. The van der Waals surface area contributed by atoms with E-state index in [9.17, 15) is 35.9 Å². The lowest BCUT2D eigenvalue weighted by atomic mass is 10.1. The Morgan fingerprint density at radius 1 is 0.974 bits per heavy atom. The van der Waals surface area contributed by atoms with Crippen LogP contribution in [0.1, 0.15) is 15.9 Å². The van der Waals surface area contributed by atoms with Crippen LogP contribution >= 0.6 is 11.8 Å². The largest absolute Gasteiger partial charge is 0.573 e. The second-order valence-electron chi connectivity index (χ2n) is 7.41. The highest BCUT2D eigenvalue weighted by atomic mass is 32.2. The van der Waals surface area contributed by atoms with Crippen LogP contribution in [0.4, 0.5) is 32.0 Å². The molecule has 3 aromatic rings. The molecule has 38 heavy (non-hydrogen) atoms. The summed E-state index contributed by atoms with van der Waals surface area (Å²) >= 11 is 1.44. The molecule has 2 heterocycles. The molecule has 2 aromatic carbocycles. The average molecular weight is 559 g/mol. The fourth-order valence-electron chi connectivity index (χ4n) is 3.19. The molecule has 1 aliphatic heterocycles. The van der Waals surface area contributed by atoms with Gasteiger partial charge in [-0.1, -0.05) is 36.0 Å². The molecule has 0 spiro atoms. The number of ketones is 1. The zero-order valence-electron chi connectivity index (χ0n) is 19.0. The molecule has 0 saturated heterocycles. The Bertz CT molecular complexity index is 1350. The number of anilines is 1. The highest BCUT2D eigenvalue weighted by Gasteiger charge is 2.39. The molecule has 0 radical (unpaired) electrons. The number of Topliss-reactive ketones (excluding diaryl/α,β-unsaturated/α-hetero) is 1. The van der Waals surface area contributed by atoms with Crippen molar-refractivity contribution in [2.45, 2.75) is 24.2 Å². The lowest BCUT2D eigenvalue weighted by Gasteiger charge is -2.17. The van der Waals surface area contributed by atoms with Gasteiger partial charge in [-0.2, -0.15) is 13.2 Å². The van der Waals surface area contributed by atoms with E-state index in [1.807, 2.05) is 18.4 Å². The first-order valence-electron chi connectivity index (χ1n) is 10.2. The maximum Gasteiger partial charge on any atom is 0.573 e. The van der Waals surface area contributed by atoms with E-state index in [0.29, 0.717) is 5.16 Å². The maximum atomic E-state index is 12.4. The van der Waals surface area contributed by atoms with Gasteiger partial charge >= 0.3 is 18.5 Å². The number of carbonyl (C=O) groups excluding carboxylic acids is 2. The van der Waals surface area contributed by atoms with Crippen molar-refractivity contribution in [2.75, 3.05) is 11.2 Å². The highest BCUT2D eigenvalue weighted by Crippen LogP contribution is 2.35. The van der Waals surface area contributed by atoms with Crippen LogP contribution < -0.4 is 9.64 Å². The van der Waals surface area contributed by atoms with Gasteiger partial charge in [0.05, 0.1) is 17.8 Å². The molecule has 1 amide bonds. The number of ether oxygens (including phenoxy) is 1. The van der Waals surface area contributed by atoms with Gasteiger partial charge in [0, 0.05) is 18.0 Å². The van der Waals surface area contributed by atoms with Crippen LogP contribution in [0.2, 0.25) is 0 Å². The molecule has 0 fully saturated rings. The van der Waals surface area contributed by atoms with Crippen molar-refractivity contribution in [1.29, 1.82) is 0 Å². The molecule has 1 aromatic heterocycles. The van der Waals surface area contributed by atoms with Crippen molar-refractivity contribution in [2.24, 2.45) is 0 Å². The summed E-state index contributed by atoms with van der Waals surface area (Å²) in [7, 11) is 0. The number of carbonyl (C=O) groups is 3. The fourth-order valence-corrected chi connectivity index (χ4v) is 3.51. The first-order valence-corrected chi connectivity index (χ1v) is 11.4. The molecular formula is C23H15F6N3O5S. The van der Waals surface area contributed by atoms with Crippen molar-refractivity contribution in [3.8, 4) is 16.9 Å². The van der Waals surface area contributed by atoms with Crippen LogP contribution in [0, 0.1) is 0 Å². The quantitative estimate of drug-likeness (QED) is 0.198. The summed E-state index contributed by atoms with van der Waals surface area (Å²) in [5.41, 5.74) is 2.59. The second kappa shape index (κ2) is 11.1. The minimum Gasteiger partial charge on any atom is -0.475 e. The number of hydrogen-bond acceptors (Lipinski definition) is 7. The summed E-state index contributed by atoms with van der Waals surface area (Å²) in [6.07, 6.45) is -4.65. The minimum absolute atomic E-state index is 0.0965. The number of carboxylic acids is 1. The van der Waals surface area contributed by atoms with Gasteiger partial charge in [-0.25, -0.2) is 14.8 Å². The topological polar surface area (TPSA) is 110 Å². The lowest BCUT2D eigenvalue weighted by molar-refractivity contribution is -0.274. The molecule has 8 nitrogen and oxygen atoms in total. The van der Waals surface area contributed by atoms with Crippen LogP contribution in [0.3, 0.4) is 0 Å². The van der Waals surface area contributed by atoms with E-state index in [1.54, 1.807) is 24.5 Å². The van der Waals surface area contributed by atoms with Gasteiger partial charge in [0.1, 0.15) is 5.75 Å². The van der Waals surface area contributed by atoms with Crippen LogP contribution in [0.15, 0.2) is 60.0 Å². The second-order valence-corrected chi connectivity index (χ2v) is 8.18. The van der Waals surface area contributed by atoms with Gasteiger partial charge in [0.25, 0.3) is 11.7 Å². The van der Waals surface area contributed by atoms with Crippen LogP contribution in [-0.4, -0.2) is 51.5 Å². The number of fused-ring (bicyclic) bond motifs is 1. The minimum atomic E-state index is -5.08. The maximum absolute atomic E-state index is 12.4. The molecule has 0 bridgehead atoms. The Kier molecular flexibility index (Phi) is 8.29. The standard InChI is InChI=1S/C21H14F3N3O3S.C2HF3O2/c1-31-20-25-9-14(10-26-20)13-4-2-12(3-5-13)11-27-17-7-6-15(30-21(22,23)24)8-16(17)18(28)19(27)29;3-2(4,5)1(6)7/h2-10H,11H2,1H3;(H,6,7). The fraction of sp³-hybridized carbons (Fsp3) is 0.174. The van der Waals surface area contributed by atoms with E-state index in [4.69, 9.17) is 9.90 Å². The zero-order chi connectivity index (χ0) is 28.3. The van der Waals surface area contributed by atoms with Crippen molar-refractivity contribution in [3.63, 3.8) is 0 Å². The summed E-state index contributed by atoms with van der Waals surface area (Å²) in [6, 6.07) is 10.6. The summed E-state index contributed by atoms with van der Waals surface area (Å²) in [5, 5.41) is 7.79. The molecule has 200 valence electrons. The smallest absolute Gasteiger partial charge is 0.475 e. The number of alkyl halides is 6. The van der Waals surface area contributed by atoms with Crippen LogP contribution in [-0.2, 0) is 16.1 Å². The Morgan fingerprint density at radius 2 is 1.55 bits per heavy atom. The van der Waals surface area contributed by atoms with E-state index in [1.165, 1.54) is 22.7 Å². The molecule has 0 aliphatic carbocycles. The Hall–Kier alpha value is -4.14. The number of aromatic nitrogens is 2. The first-order chi connectivity index (χ1) is 17.7. The third-order valence-electron chi connectivity index (χ3n) is 4.86. The molecule has 0 atom stereocenters. The predicted molar refractivity (Wildman–Crippen MR) is 122 cm³/mol. The van der Waals surface area contributed by atoms with E-state index in [-0.39, 0.29) is 17.8 Å². The number of halogens is 6. The predicted octanol–water partition coefficient (Wildman–Crippen LogP) is 5.13. The third kappa shape index (κ3) is 7.00. The third-order valence-corrected chi connectivity index (χ3v) is 5.43. The van der Waals surface area contributed by atoms with Gasteiger partial charge in [-0.3, -0.25) is 9.59 Å². The number of carboxylic acid groups (broad SMARTS) is 1. The lowest BCUT2D eigenvalue weighted by Crippen LogP contribution is -2.29. The molecule has 1 aliphatic rings. The first kappa shape index (κ1) is 28.4. The molecule has 4 rings (SSSR count). The van der Waals surface area contributed by atoms with E-state index < -0.39 is 35.9 Å². The monoisotopic (exact) mass is 559 g/mol. The van der Waals surface area contributed by atoms with E-state index in [0.717, 1.165) is 28.8 Å². The number of hydrogen-bond donors (Lipinski definition) is 1. The number of amides is 1. The van der Waals surface area contributed by atoms with Crippen molar-refractivity contribution >= 4 is 35.1 Å². The van der Waals surface area contributed by atoms with Gasteiger partial charge < -0.3 is 14.7 Å². The Morgan fingerprint density at radius 3 is 2.05 bits per heavy atom. The van der Waals surface area contributed by atoms with Gasteiger partial charge in [-0.15, -0.1) is 13.2 Å². The van der Waals surface area contributed by atoms with Crippen molar-refractivity contribution in [3.05, 3.63) is 66.0 Å². The van der Waals surface area contributed by atoms with Gasteiger partial charge in [0.2, 0.25) is 0 Å².